The quantitative estimate of drug-likeness (QED) is 0.306. The molecule has 0 aliphatic rings. The third kappa shape index (κ3) is 4.64. The molecule has 11 heteroatoms. The first-order chi connectivity index (χ1) is 17.8. The van der Waals surface area contributed by atoms with Gasteiger partial charge in [-0.2, -0.15) is 0 Å². The molecule has 0 aliphatic heterocycles. The van der Waals surface area contributed by atoms with Crippen molar-refractivity contribution < 1.29 is 22.3 Å². The average Bonchev–Trinajstić information content (AvgIpc) is 3.41. The Balaban J connectivity index is 1.60. The Labute approximate surface area is 216 Å². The van der Waals surface area contributed by atoms with Crippen LogP contribution in [0.5, 0.6) is 11.5 Å². The van der Waals surface area contributed by atoms with E-state index in [4.69, 9.17) is 25.5 Å². The minimum atomic E-state index is -3.96. The highest BCUT2D eigenvalue weighted by Gasteiger charge is 2.19. The molecule has 37 heavy (non-hydrogen) atoms. The zero-order chi connectivity index (χ0) is 26.2. The van der Waals surface area contributed by atoms with Crippen LogP contribution in [0, 0.1) is 0 Å². The van der Waals surface area contributed by atoms with Gasteiger partial charge >= 0.3 is 6.01 Å². The molecule has 0 atom stereocenters. The number of hydrogen-bond acceptors (Lipinski definition) is 7. The molecule has 0 saturated heterocycles. The van der Waals surface area contributed by atoms with Crippen molar-refractivity contribution >= 4 is 38.5 Å². The average molecular weight is 538 g/mol. The van der Waals surface area contributed by atoms with E-state index in [1.807, 2.05) is 24.3 Å². The third-order valence-electron chi connectivity index (χ3n) is 5.74. The highest BCUT2D eigenvalue weighted by atomic mass is 35.5. The molecule has 2 aromatic heterocycles. The summed E-state index contributed by atoms with van der Waals surface area (Å²) < 4.78 is 45.3. The lowest BCUT2D eigenvalue weighted by atomic mass is 10.0. The molecule has 2 heterocycles. The monoisotopic (exact) mass is 537 g/mol. The Kier molecular flexibility index (Phi) is 6.36. The van der Waals surface area contributed by atoms with Gasteiger partial charge in [-0.1, -0.05) is 23.7 Å². The van der Waals surface area contributed by atoms with Gasteiger partial charge < -0.3 is 13.9 Å². The van der Waals surface area contributed by atoms with Crippen LogP contribution in [-0.2, 0) is 10.0 Å². The van der Waals surface area contributed by atoms with Crippen LogP contribution >= 0.6 is 11.6 Å². The first kappa shape index (κ1) is 24.4. The van der Waals surface area contributed by atoms with Gasteiger partial charge in [-0.3, -0.25) is 9.36 Å². The zero-order valence-corrected chi connectivity index (χ0v) is 21.2. The van der Waals surface area contributed by atoms with Crippen molar-refractivity contribution in [2.75, 3.05) is 18.9 Å². The number of ether oxygens (including phenoxy) is 2. The minimum Gasteiger partial charge on any atom is -0.495 e. The number of methoxy groups -OCH3 is 2. The molecule has 0 amide bonds. The van der Waals surface area contributed by atoms with E-state index in [1.165, 1.54) is 42.3 Å². The van der Waals surface area contributed by atoms with Gasteiger partial charge in [0, 0.05) is 11.5 Å². The van der Waals surface area contributed by atoms with Gasteiger partial charge in [0.15, 0.2) is 0 Å². The summed E-state index contributed by atoms with van der Waals surface area (Å²) in [6, 6.07) is 18.1. The van der Waals surface area contributed by atoms with Gasteiger partial charge in [-0.05, 0) is 59.7 Å². The van der Waals surface area contributed by atoms with Crippen LogP contribution in [0.3, 0.4) is 0 Å². The Morgan fingerprint density at radius 1 is 0.919 bits per heavy atom. The van der Waals surface area contributed by atoms with E-state index >= 15 is 0 Å². The van der Waals surface area contributed by atoms with Crippen molar-refractivity contribution in [1.82, 2.24) is 9.55 Å². The maximum Gasteiger partial charge on any atom is 0.308 e. The van der Waals surface area contributed by atoms with Crippen LogP contribution in [0.1, 0.15) is 0 Å². The number of anilines is 1. The fourth-order valence-corrected chi connectivity index (χ4v) is 5.14. The summed E-state index contributed by atoms with van der Waals surface area (Å²) in [5, 5.41) is 1.03. The second-order valence-corrected chi connectivity index (χ2v) is 10.00. The molecule has 3 aromatic carbocycles. The fraction of sp³-hybridized carbons (Fsp3) is 0.0769. The SMILES string of the molecule is COc1cc(-c2ccc(-n3c(=O)ccc4cc(S(=O)(=O)Nc5ncco5)ccc43)c(OC)c2)ccc1Cl. The number of hydrogen-bond donors (Lipinski definition) is 1. The number of sulfonamides is 1. The summed E-state index contributed by atoms with van der Waals surface area (Å²) in [4.78, 5) is 16.8. The summed E-state index contributed by atoms with van der Waals surface area (Å²) in [7, 11) is -0.900. The van der Waals surface area contributed by atoms with Crippen molar-refractivity contribution in [1.29, 1.82) is 0 Å². The van der Waals surface area contributed by atoms with Crippen molar-refractivity contribution in [3.8, 4) is 28.3 Å². The van der Waals surface area contributed by atoms with Crippen LogP contribution in [0.25, 0.3) is 27.7 Å². The maximum absolute atomic E-state index is 13.0. The lowest BCUT2D eigenvalue weighted by molar-refractivity contribution is 0.413. The Hall–Kier alpha value is -4.28. The van der Waals surface area contributed by atoms with E-state index in [0.717, 1.165) is 11.1 Å². The summed E-state index contributed by atoms with van der Waals surface area (Å²) >= 11 is 6.16. The lowest BCUT2D eigenvalue weighted by Crippen LogP contribution is -2.18. The standard InChI is InChI=1S/C26H20ClN3O6S/c1-34-23-14-16(3-7-20(23)27)17-4-8-22(24(15-17)35-2)30-21-9-6-19(13-18(21)5-10-25(30)31)37(32,33)29-26-28-11-12-36-26/h3-15H,1-2H3,(H,28,29). The topological polar surface area (TPSA) is 113 Å². The molecule has 0 unspecified atom stereocenters. The molecule has 0 aliphatic carbocycles. The van der Waals surface area contributed by atoms with Gasteiger partial charge in [0.1, 0.15) is 17.8 Å². The Morgan fingerprint density at radius 2 is 1.65 bits per heavy atom. The highest BCUT2D eigenvalue weighted by molar-refractivity contribution is 7.92. The van der Waals surface area contributed by atoms with Crippen LogP contribution in [0.4, 0.5) is 6.01 Å². The molecule has 5 aromatic rings. The van der Waals surface area contributed by atoms with Crippen molar-refractivity contribution in [3.05, 3.63) is 94.6 Å². The van der Waals surface area contributed by atoms with Crippen LogP contribution in [0.2, 0.25) is 5.02 Å². The number of oxazole rings is 1. The van der Waals surface area contributed by atoms with E-state index in [9.17, 15) is 13.2 Å². The third-order valence-corrected chi connectivity index (χ3v) is 7.37. The molecule has 0 bridgehead atoms. The van der Waals surface area contributed by atoms with Crippen LogP contribution in [-0.4, -0.2) is 32.2 Å². The minimum absolute atomic E-state index is 0.0117. The number of fused-ring (bicyclic) bond motifs is 1. The molecule has 0 spiro atoms. The summed E-state index contributed by atoms with van der Waals surface area (Å²) in [6.45, 7) is 0. The molecule has 0 saturated carbocycles. The molecular formula is C26H20ClN3O6S. The number of pyridine rings is 1. The first-order valence-electron chi connectivity index (χ1n) is 10.9. The second kappa shape index (κ2) is 9.64. The van der Waals surface area contributed by atoms with Crippen molar-refractivity contribution in [2.45, 2.75) is 4.90 Å². The normalized spacial score (nSPS) is 11.4. The van der Waals surface area contributed by atoms with Crippen LogP contribution in [0.15, 0.2) is 93.3 Å². The number of aromatic nitrogens is 2. The van der Waals surface area contributed by atoms with E-state index < -0.39 is 10.0 Å². The number of rotatable bonds is 7. The first-order valence-corrected chi connectivity index (χ1v) is 12.8. The number of halogens is 1. The highest BCUT2D eigenvalue weighted by Crippen LogP contribution is 2.34. The lowest BCUT2D eigenvalue weighted by Gasteiger charge is -2.16. The van der Waals surface area contributed by atoms with Gasteiger partial charge in [0.25, 0.3) is 15.6 Å². The summed E-state index contributed by atoms with van der Waals surface area (Å²) in [6.07, 6.45) is 2.60. The van der Waals surface area contributed by atoms with Crippen molar-refractivity contribution in [2.24, 2.45) is 0 Å². The number of nitrogens with one attached hydrogen (secondary N) is 1. The van der Waals surface area contributed by atoms with Gasteiger partial charge in [0.05, 0.1) is 41.5 Å². The molecule has 0 fully saturated rings. The number of nitrogens with zero attached hydrogens (tertiary/aromatic N) is 2. The van der Waals surface area contributed by atoms with Crippen molar-refractivity contribution in [3.63, 3.8) is 0 Å². The molecule has 1 N–H and O–H groups in total. The molecule has 0 radical (unpaired) electrons. The molecule has 5 rings (SSSR count). The summed E-state index contributed by atoms with van der Waals surface area (Å²) in [5.41, 5.74) is 2.37. The van der Waals surface area contributed by atoms with E-state index in [-0.39, 0.29) is 16.5 Å². The van der Waals surface area contributed by atoms with Gasteiger partial charge in [-0.25, -0.2) is 18.1 Å². The Morgan fingerprint density at radius 3 is 2.35 bits per heavy atom. The molecule has 9 nitrogen and oxygen atoms in total. The van der Waals surface area contributed by atoms with Gasteiger partial charge in [0.2, 0.25) is 0 Å². The van der Waals surface area contributed by atoms with E-state index in [1.54, 1.807) is 31.4 Å². The predicted octanol–water partition coefficient (Wildman–Crippen LogP) is 5.12. The molecule has 188 valence electrons. The Bertz CT molecular complexity index is 1780. The largest absolute Gasteiger partial charge is 0.495 e. The zero-order valence-electron chi connectivity index (χ0n) is 19.6. The smallest absolute Gasteiger partial charge is 0.308 e. The van der Waals surface area contributed by atoms with E-state index in [2.05, 4.69) is 9.71 Å². The molecular weight excluding hydrogens is 518 g/mol. The second-order valence-electron chi connectivity index (χ2n) is 7.91. The van der Waals surface area contributed by atoms with E-state index in [0.29, 0.717) is 33.1 Å². The fourth-order valence-electron chi connectivity index (χ4n) is 3.97. The van der Waals surface area contributed by atoms with Crippen LogP contribution < -0.4 is 19.8 Å². The summed E-state index contributed by atoms with van der Waals surface area (Å²) in [5.74, 6) is 0.985. The predicted molar refractivity (Wildman–Crippen MR) is 140 cm³/mol. The van der Waals surface area contributed by atoms with Gasteiger partial charge in [-0.15, -0.1) is 0 Å². The number of benzene rings is 3. The maximum atomic E-state index is 13.0.